The van der Waals surface area contributed by atoms with Crippen LogP contribution in [0.3, 0.4) is 0 Å². The Labute approximate surface area is 118 Å². The number of para-hydroxylation sites is 1. The van der Waals surface area contributed by atoms with E-state index >= 15 is 0 Å². The van der Waals surface area contributed by atoms with E-state index in [1.54, 1.807) is 11.3 Å². The number of piperidine rings is 1. The van der Waals surface area contributed by atoms with Gasteiger partial charge in [-0.1, -0.05) is 18.2 Å². The van der Waals surface area contributed by atoms with Gasteiger partial charge in [0.25, 0.3) is 0 Å². The summed E-state index contributed by atoms with van der Waals surface area (Å²) in [6.45, 7) is 3.92. The number of nitrogens with zero attached hydrogens (tertiary/aromatic N) is 1. The minimum absolute atomic E-state index is 0.621. The van der Waals surface area contributed by atoms with E-state index in [1.165, 1.54) is 10.6 Å². The van der Waals surface area contributed by atoms with Crippen LogP contribution in [0.2, 0.25) is 0 Å². The van der Waals surface area contributed by atoms with Crippen molar-refractivity contribution in [3.8, 4) is 0 Å². The van der Waals surface area contributed by atoms with E-state index in [2.05, 4.69) is 48.2 Å². The van der Waals surface area contributed by atoms with Crippen molar-refractivity contribution in [2.45, 2.75) is 25.4 Å². The highest BCUT2D eigenvalue weighted by molar-refractivity contribution is 7.12. The SMILES string of the molecule is Cc1ccc(C2(O)CCN(c3ccccc3)CC2)s1. The Morgan fingerprint density at radius 3 is 2.32 bits per heavy atom. The molecule has 0 spiro atoms. The van der Waals surface area contributed by atoms with E-state index in [1.807, 2.05) is 6.07 Å². The fourth-order valence-corrected chi connectivity index (χ4v) is 3.72. The number of hydrogen-bond acceptors (Lipinski definition) is 3. The molecule has 19 heavy (non-hydrogen) atoms. The first-order valence-electron chi connectivity index (χ1n) is 6.77. The van der Waals surface area contributed by atoms with E-state index in [9.17, 15) is 5.11 Å². The van der Waals surface area contributed by atoms with Gasteiger partial charge in [0.05, 0.1) is 0 Å². The van der Waals surface area contributed by atoms with Crippen LogP contribution in [-0.4, -0.2) is 18.2 Å². The molecule has 1 saturated heterocycles. The molecule has 1 aromatic carbocycles. The number of aryl methyl sites for hydroxylation is 1. The summed E-state index contributed by atoms with van der Waals surface area (Å²) in [5.74, 6) is 0. The second-order valence-corrected chi connectivity index (χ2v) is 6.55. The summed E-state index contributed by atoms with van der Waals surface area (Å²) in [5.41, 5.74) is 0.636. The monoisotopic (exact) mass is 273 g/mol. The molecule has 2 aromatic rings. The molecular weight excluding hydrogens is 254 g/mol. The molecule has 0 saturated carbocycles. The van der Waals surface area contributed by atoms with Crippen LogP contribution in [0.25, 0.3) is 0 Å². The van der Waals surface area contributed by atoms with E-state index in [-0.39, 0.29) is 0 Å². The van der Waals surface area contributed by atoms with E-state index in [4.69, 9.17) is 0 Å². The number of thiophene rings is 1. The van der Waals surface area contributed by atoms with Crippen molar-refractivity contribution in [3.63, 3.8) is 0 Å². The molecule has 3 rings (SSSR count). The second kappa shape index (κ2) is 4.99. The van der Waals surface area contributed by atoms with Crippen LogP contribution in [0.4, 0.5) is 5.69 Å². The first kappa shape index (κ1) is 12.7. The summed E-state index contributed by atoms with van der Waals surface area (Å²) < 4.78 is 0. The van der Waals surface area contributed by atoms with Crippen molar-refractivity contribution >= 4 is 17.0 Å². The molecule has 1 fully saturated rings. The van der Waals surface area contributed by atoms with Crippen molar-refractivity contribution in [1.82, 2.24) is 0 Å². The number of rotatable bonds is 2. The van der Waals surface area contributed by atoms with Gasteiger partial charge < -0.3 is 10.0 Å². The Kier molecular flexibility index (Phi) is 3.33. The molecule has 2 heterocycles. The van der Waals surface area contributed by atoms with Crippen LogP contribution < -0.4 is 4.90 Å². The van der Waals surface area contributed by atoms with Gasteiger partial charge in [-0.05, 0) is 44.0 Å². The Morgan fingerprint density at radius 1 is 1.05 bits per heavy atom. The Hall–Kier alpha value is -1.32. The molecule has 0 radical (unpaired) electrons. The molecule has 100 valence electrons. The third-order valence-corrected chi connectivity index (χ3v) is 5.10. The fraction of sp³-hybridized carbons (Fsp3) is 0.375. The lowest BCUT2D eigenvalue weighted by Crippen LogP contribution is -2.42. The summed E-state index contributed by atoms with van der Waals surface area (Å²) in [4.78, 5) is 4.75. The van der Waals surface area contributed by atoms with E-state index in [0.717, 1.165) is 30.8 Å². The van der Waals surface area contributed by atoms with Crippen LogP contribution in [0.5, 0.6) is 0 Å². The molecule has 1 aromatic heterocycles. The van der Waals surface area contributed by atoms with E-state index < -0.39 is 5.60 Å². The number of aliphatic hydroxyl groups is 1. The smallest absolute Gasteiger partial charge is 0.102 e. The minimum Gasteiger partial charge on any atom is -0.384 e. The predicted octanol–water partition coefficient (Wildman–Crippen LogP) is 3.54. The van der Waals surface area contributed by atoms with Gasteiger partial charge in [-0.15, -0.1) is 11.3 Å². The standard InChI is InChI=1S/C16H19NOS/c1-13-7-8-15(19-13)16(18)9-11-17(12-10-16)14-5-3-2-4-6-14/h2-8,18H,9-12H2,1H3. The summed E-state index contributed by atoms with van der Waals surface area (Å²) in [7, 11) is 0. The predicted molar refractivity (Wildman–Crippen MR) is 80.8 cm³/mol. The van der Waals surface area contributed by atoms with Crippen molar-refractivity contribution in [2.75, 3.05) is 18.0 Å². The minimum atomic E-state index is -0.621. The largest absolute Gasteiger partial charge is 0.384 e. The maximum Gasteiger partial charge on any atom is 0.102 e. The topological polar surface area (TPSA) is 23.5 Å². The average Bonchev–Trinajstić information content (AvgIpc) is 2.88. The highest BCUT2D eigenvalue weighted by Gasteiger charge is 2.35. The lowest BCUT2D eigenvalue weighted by Gasteiger charge is -2.38. The zero-order chi connectivity index (χ0) is 13.3. The van der Waals surface area contributed by atoms with Gasteiger partial charge in [-0.2, -0.15) is 0 Å². The lowest BCUT2D eigenvalue weighted by molar-refractivity contribution is 0.0153. The third kappa shape index (κ3) is 2.53. The first-order valence-corrected chi connectivity index (χ1v) is 7.58. The fourth-order valence-electron chi connectivity index (χ4n) is 2.70. The van der Waals surface area contributed by atoms with Crippen LogP contribution in [0.15, 0.2) is 42.5 Å². The molecule has 1 aliphatic heterocycles. The number of hydrogen-bond donors (Lipinski definition) is 1. The molecule has 3 heteroatoms. The van der Waals surface area contributed by atoms with Crippen molar-refractivity contribution in [2.24, 2.45) is 0 Å². The van der Waals surface area contributed by atoms with Gasteiger partial charge in [0.2, 0.25) is 0 Å². The van der Waals surface area contributed by atoms with Crippen molar-refractivity contribution in [1.29, 1.82) is 0 Å². The Bertz CT molecular complexity index is 541. The highest BCUT2D eigenvalue weighted by atomic mass is 32.1. The van der Waals surface area contributed by atoms with Crippen LogP contribution in [0.1, 0.15) is 22.6 Å². The lowest BCUT2D eigenvalue weighted by atomic mass is 9.89. The third-order valence-electron chi connectivity index (χ3n) is 3.91. The number of anilines is 1. The quantitative estimate of drug-likeness (QED) is 0.904. The normalized spacial score (nSPS) is 18.5. The van der Waals surface area contributed by atoms with Crippen LogP contribution in [-0.2, 0) is 5.60 Å². The summed E-state index contributed by atoms with van der Waals surface area (Å²) in [5, 5.41) is 10.8. The van der Waals surface area contributed by atoms with E-state index in [0.29, 0.717) is 0 Å². The molecule has 0 atom stereocenters. The molecule has 0 unspecified atom stereocenters. The van der Waals surface area contributed by atoms with Crippen molar-refractivity contribution in [3.05, 3.63) is 52.2 Å². The summed E-state index contributed by atoms with van der Waals surface area (Å²) in [6, 6.07) is 14.6. The first-order chi connectivity index (χ1) is 9.17. The van der Waals surface area contributed by atoms with Gasteiger partial charge in [-0.25, -0.2) is 0 Å². The molecule has 2 nitrogen and oxygen atoms in total. The molecule has 1 aliphatic rings. The molecular formula is C16H19NOS. The summed E-state index contributed by atoms with van der Waals surface area (Å²) >= 11 is 1.72. The van der Waals surface area contributed by atoms with Gasteiger partial charge in [-0.3, -0.25) is 0 Å². The molecule has 0 aliphatic carbocycles. The zero-order valence-corrected chi connectivity index (χ0v) is 12.0. The van der Waals surface area contributed by atoms with Gasteiger partial charge in [0, 0.05) is 28.5 Å². The molecule has 1 N–H and O–H groups in total. The second-order valence-electron chi connectivity index (χ2n) is 5.26. The number of benzene rings is 1. The molecule has 0 amide bonds. The average molecular weight is 273 g/mol. The van der Waals surface area contributed by atoms with Crippen LogP contribution >= 0.6 is 11.3 Å². The highest BCUT2D eigenvalue weighted by Crippen LogP contribution is 2.37. The van der Waals surface area contributed by atoms with Gasteiger partial charge in [0.1, 0.15) is 5.60 Å². The van der Waals surface area contributed by atoms with Gasteiger partial charge >= 0.3 is 0 Å². The zero-order valence-electron chi connectivity index (χ0n) is 11.2. The summed E-state index contributed by atoms with van der Waals surface area (Å²) in [6.07, 6.45) is 1.61. The van der Waals surface area contributed by atoms with Crippen molar-refractivity contribution < 1.29 is 5.11 Å². The molecule has 0 bridgehead atoms. The maximum atomic E-state index is 10.8. The van der Waals surface area contributed by atoms with Crippen LogP contribution in [0, 0.1) is 6.92 Å². The Balaban J connectivity index is 1.72. The Morgan fingerprint density at radius 2 is 1.74 bits per heavy atom. The maximum absolute atomic E-state index is 10.8. The van der Waals surface area contributed by atoms with Gasteiger partial charge in [0.15, 0.2) is 0 Å².